The zero-order valence-corrected chi connectivity index (χ0v) is 16.8. The number of aryl methyl sites for hydroxylation is 2. The summed E-state index contributed by atoms with van der Waals surface area (Å²) in [6, 6.07) is 18.8. The number of carbonyl (C=O) groups is 1. The summed E-state index contributed by atoms with van der Waals surface area (Å²) in [6.45, 7) is 7.94. The average Bonchev–Trinajstić information content (AvgIpc) is 2.74. The van der Waals surface area contributed by atoms with Gasteiger partial charge in [-0.25, -0.2) is 0 Å². The number of rotatable bonds is 3. The number of nitrogens with one attached hydrogen (secondary N) is 1. The number of fused-ring (bicyclic) bond motifs is 2. The first-order valence-corrected chi connectivity index (χ1v) is 9.78. The first-order chi connectivity index (χ1) is 13.6. The fourth-order valence-corrected chi connectivity index (χ4v) is 3.49. The van der Waals surface area contributed by atoms with Crippen LogP contribution in [0.2, 0.25) is 0 Å². The minimum absolute atomic E-state index is 0. The molecule has 3 aromatic carbocycles. The van der Waals surface area contributed by atoms with Gasteiger partial charge in [0.05, 0.1) is 5.52 Å². The molecule has 3 nitrogen and oxygen atoms in total. The minimum Gasteiger partial charge on any atom is -0.354 e. The molecule has 0 aliphatic heterocycles. The minimum atomic E-state index is -0.00384. The maximum Gasteiger partial charge on any atom is 0.197 e. The number of carbonyl (C=O) groups excluding carboxylic acids is 1. The molecule has 0 saturated carbocycles. The highest BCUT2D eigenvalue weighted by Gasteiger charge is 2.17. The summed E-state index contributed by atoms with van der Waals surface area (Å²) >= 11 is 0. The predicted octanol–water partition coefficient (Wildman–Crippen LogP) is 6.45. The molecule has 0 aliphatic carbocycles. The van der Waals surface area contributed by atoms with Crippen LogP contribution in [0, 0.1) is 6.92 Å². The number of H-pyrrole nitrogens is 1. The second kappa shape index (κ2) is 9.33. The lowest BCUT2D eigenvalue weighted by atomic mass is 9.93. The van der Waals surface area contributed by atoms with Gasteiger partial charge in [-0.05, 0) is 48.7 Å². The van der Waals surface area contributed by atoms with E-state index in [9.17, 15) is 9.59 Å². The molecule has 4 aromatic rings. The quantitative estimate of drug-likeness (QED) is 0.324. The normalized spacial score (nSPS) is 10.2. The van der Waals surface area contributed by atoms with Gasteiger partial charge in [0.1, 0.15) is 0 Å². The van der Waals surface area contributed by atoms with E-state index < -0.39 is 0 Å². The Morgan fingerprint density at radius 1 is 0.862 bits per heavy atom. The lowest BCUT2D eigenvalue weighted by Crippen LogP contribution is -2.10. The van der Waals surface area contributed by atoms with E-state index >= 15 is 0 Å². The number of pyridine rings is 1. The van der Waals surface area contributed by atoms with Crippen LogP contribution in [0.1, 0.15) is 55.2 Å². The molecule has 1 N–H and O–H groups in total. The first kappa shape index (κ1) is 22.1. The second-order valence-corrected chi connectivity index (χ2v) is 6.55. The lowest BCUT2D eigenvalue weighted by Gasteiger charge is -2.12. The Morgan fingerprint density at radius 2 is 1.52 bits per heavy atom. The van der Waals surface area contributed by atoms with Crippen molar-refractivity contribution in [2.75, 3.05) is 0 Å². The van der Waals surface area contributed by atoms with Crippen molar-refractivity contribution in [3.05, 3.63) is 93.1 Å². The van der Waals surface area contributed by atoms with Crippen LogP contribution in [-0.4, -0.2) is 10.8 Å². The number of aromatic nitrogens is 1. The molecule has 4 rings (SSSR count). The SMILES string of the molecule is C.CC.CCc1cc2c(=O)c3ccccc3[nH]c2cc1C(=O)c1ccccc1C. The Labute approximate surface area is 172 Å². The van der Waals surface area contributed by atoms with Gasteiger partial charge in [-0.15, -0.1) is 0 Å². The summed E-state index contributed by atoms with van der Waals surface area (Å²) in [5.41, 5.74) is 4.67. The summed E-state index contributed by atoms with van der Waals surface area (Å²) in [5.74, 6) is -0.00384. The van der Waals surface area contributed by atoms with Gasteiger partial charge < -0.3 is 4.98 Å². The number of hydrogen-bond acceptors (Lipinski definition) is 2. The van der Waals surface area contributed by atoms with Crippen molar-refractivity contribution in [2.45, 2.75) is 41.5 Å². The standard InChI is InChI=1S/C23H19NO2.C2H6.CH4/c1-3-15-12-19-21(24-20-11-7-6-10-17(20)23(19)26)13-18(15)22(25)16-9-5-4-8-14(16)2;1-2;/h4-13H,3H2,1-2H3,(H,24,26);1-2H3;1H4. The Balaban J connectivity index is 0.000000970. The van der Waals surface area contributed by atoms with Gasteiger partial charge in [0.25, 0.3) is 0 Å². The van der Waals surface area contributed by atoms with Gasteiger partial charge in [0, 0.05) is 27.4 Å². The smallest absolute Gasteiger partial charge is 0.197 e. The molecule has 0 aliphatic rings. The van der Waals surface area contributed by atoms with E-state index in [1.807, 2.05) is 88.4 Å². The van der Waals surface area contributed by atoms with Gasteiger partial charge in [0.15, 0.2) is 11.2 Å². The van der Waals surface area contributed by atoms with Crippen LogP contribution in [-0.2, 0) is 6.42 Å². The molecule has 0 atom stereocenters. The third-order valence-corrected chi connectivity index (χ3v) is 4.94. The van der Waals surface area contributed by atoms with E-state index in [1.54, 1.807) is 0 Å². The van der Waals surface area contributed by atoms with Crippen molar-refractivity contribution in [3.63, 3.8) is 0 Å². The molecular weight excluding hydrogens is 358 g/mol. The topological polar surface area (TPSA) is 49.9 Å². The summed E-state index contributed by atoms with van der Waals surface area (Å²) in [7, 11) is 0. The first-order valence-electron chi connectivity index (χ1n) is 9.78. The van der Waals surface area contributed by atoms with Gasteiger partial charge >= 0.3 is 0 Å². The van der Waals surface area contributed by atoms with Crippen LogP contribution >= 0.6 is 0 Å². The number of hydrogen-bond donors (Lipinski definition) is 1. The zero-order chi connectivity index (χ0) is 20.3. The molecule has 0 amide bonds. The summed E-state index contributed by atoms with van der Waals surface area (Å²) in [5, 5.41) is 1.29. The van der Waals surface area contributed by atoms with Crippen molar-refractivity contribution in [3.8, 4) is 0 Å². The van der Waals surface area contributed by atoms with E-state index in [0.29, 0.717) is 33.8 Å². The van der Waals surface area contributed by atoms with Crippen LogP contribution in [0.5, 0.6) is 0 Å². The van der Waals surface area contributed by atoms with E-state index in [-0.39, 0.29) is 18.6 Å². The maximum atomic E-state index is 13.1. The average molecular weight is 388 g/mol. The highest BCUT2D eigenvalue weighted by molar-refractivity contribution is 6.12. The van der Waals surface area contributed by atoms with Crippen LogP contribution in [0.4, 0.5) is 0 Å². The van der Waals surface area contributed by atoms with Crippen molar-refractivity contribution in [1.82, 2.24) is 4.98 Å². The number of benzene rings is 3. The Kier molecular flexibility index (Phi) is 7.11. The third-order valence-electron chi connectivity index (χ3n) is 4.94. The third kappa shape index (κ3) is 4.00. The summed E-state index contributed by atoms with van der Waals surface area (Å²) < 4.78 is 0. The molecule has 3 heteroatoms. The molecule has 0 unspecified atom stereocenters. The second-order valence-electron chi connectivity index (χ2n) is 6.55. The molecule has 29 heavy (non-hydrogen) atoms. The molecule has 1 aromatic heterocycles. The molecule has 1 heterocycles. The number of ketones is 1. The fourth-order valence-electron chi connectivity index (χ4n) is 3.49. The summed E-state index contributed by atoms with van der Waals surface area (Å²) in [6.07, 6.45) is 0.690. The van der Waals surface area contributed by atoms with Crippen LogP contribution in [0.3, 0.4) is 0 Å². The van der Waals surface area contributed by atoms with Crippen molar-refractivity contribution in [1.29, 1.82) is 0 Å². The van der Waals surface area contributed by atoms with Crippen molar-refractivity contribution < 1.29 is 4.79 Å². The van der Waals surface area contributed by atoms with E-state index in [4.69, 9.17) is 0 Å². The van der Waals surface area contributed by atoms with Crippen LogP contribution in [0.25, 0.3) is 21.8 Å². The number of aromatic amines is 1. The lowest BCUT2D eigenvalue weighted by molar-refractivity contribution is 0.103. The summed E-state index contributed by atoms with van der Waals surface area (Å²) in [4.78, 5) is 29.3. The molecule has 0 radical (unpaired) electrons. The van der Waals surface area contributed by atoms with Gasteiger partial charge in [-0.3, -0.25) is 9.59 Å². The molecule has 0 fully saturated rings. The Morgan fingerprint density at radius 3 is 2.21 bits per heavy atom. The van der Waals surface area contributed by atoms with E-state index in [2.05, 4.69) is 4.98 Å². The monoisotopic (exact) mass is 387 g/mol. The van der Waals surface area contributed by atoms with Crippen molar-refractivity contribution >= 4 is 27.6 Å². The van der Waals surface area contributed by atoms with Crippen LogP contribution in [0.15, 0.2) is 65.5 Å². The number of para-hydroxylation sites is 1. The maximum absolute atomic E-state index is 13.1. The highest BCUT2D eigenvalue weighted by Crippen LogP contribution is 2.23. The molecule has 0 saturated heterocycles. The largest absolute Gasteiger partial charge is 0.354 e. The van der Waals surface area contributed by atoms with Gasteiger partial charge in [0.2, 0.25) is 0 Å². The van der Waals surface area contributed by atoms with E-state index in [0.717, 1.165) is 16.6 Å². The molecule has 0 spiro atoms. The molecular formula is C26H29NO2. The Hall–Kier alpha value is -3.20. The zero-order valence-electron chi connectivity index (χ0n) is 16.8. The molecule has 150 valence electrons. The Bertz CT molecular complexity index is 1220. The fraction of sp³-hybridized carbons (Fsp3) is 0.231. The molecule has 0 bridgehead atoms. The van der Waals surface area contributed by atoms with Crippen molar-refractivity contribution in [2.24, 2.45) is 0 Å². The predicted molar refractivity (Wildman–Crippen MR) is 124 cm³/mol. The van der Waals surface area contributed by atoms with Crippen LogP contribution < -0.4 is 5.43 Å². The van der Waals surface area contributed by atoms with E-state index in [1.165, 1.54) is 0 Å². The highest BCUT2D eigenvalue weighted by atomic mass is 16.1. The van der Waals surface area contributed by atoms with Gasteiger partial charge in [-0.1, -0.05) is 64.6 Å². The van der Waals surface area contributed by atoms with Gasteiger partial charge in [-0.2, -0.15) is 0 Å².